The van der Waals surface area contributed by atoms with Crippen LogP contribution in [-0.4, -0.2) is 54.8 Å². The van der Waals surface area contributed by atoms with Crippen molar-refractivity contribution in [1.82, 2.24) is 4.90 Å². The quantitative estimate of drug-likeness (QED) is 0.777. The Balaban J connectivity index is 2.02. The van der Waals surface area contributed by atoms with Crippen molar-refractivity contribution < 1.29 is 24.2 Å². The van der Waals surface area contributed by atoms with Gasteiger partial charge in [0, 0.05) is 32.2 Å². The molecule has 0 saturated carbocycles. The summed E-state index contributed by atoms with van der Waals surface area (Å²) >= 11 is 0. The van der Waals surface area contributed by atoms with Gasteiger partial charge in [-0.3, -0.25) is 4.79 Å². The van der Waals surface area contributed by atoms with Crippen LogP contribution in [0.15, 0.2) is 24.3 Å². The first kappa shape index (κ1) is 16.3. The molecule has 0 aromatic heterocycles. The predicted molar refractivity (Wildman–Crippen MR) is 80.1 cm³/mol. The van der Waals surface area contributed by atoms with Crippen molar-refractivity contribution >= 4 is 11.9 Å². The molecule has 1 N–H and O–H groups in total. The average molecular weight is 307 g/mol. The van der Waals surface area contributed by atoms with Crippen LogP contribution >= 0.6 is 0 Å². The molecule has 1 aliphatic rings. The van der Waals surface area contributed by atoms with Crippen LogP contribution in [0.5, 0.6) is 5.75 Å². The van der Waals surface area contributed by atoms with E-state index in [0.29, 0.717) is 37.5 Å². The van der Waals surface area contributed by atoms with Gasteiger partial charge in [-0.15, -0.1) is 0 Å². The second kappa shape index (κ2) is 7.79. The van der Waals surface area contributed by atoms with E-state index >= 15 is 0 Å². The third kappa shape index (κ3) is 3.98. The van der Waals surface area contributed by atoms with Crippen LogP contribution in [0.3, 0.4) is 0 Å². The third-order valence-corrected chi connectivity index (χ3v) is 3.64. The number of nitrogens with zero attached hydrogens (tertiary/aromatic N) is 1. The van der Waals surface area contributed by atoms with Crippen LogP contribution in [0, 0.1) is 0 Å². The molecule has 6 nitrogen and oxygen atoms in total. The fourth-order valence-electron chi connectivity index (χ4n) is 2.54. The topological polar surface area (TPSA) is 76.1 Å². The van der Waals surface area contributed by atoms with Crippen molar-refractivity contribution in [3.63, 3.8) is 0 Å². The average Bonchev–Trinajstić information content (AvgIpc) is 3.01. The number of benzene rings is 1. The molecule has 1 fully saturated rings. The number of hydrogen-bond donors (Lipinski definition) is 1. The van der Waals surface area contributed by atoms with Crippen LogP contribution in [0.2, 0.25) is 0 Å². The first-order chi connectivity index (χ1) is 10.6. The van der Waals surface area contributed by atoms with Crippen molar-refractivity contribution in [2.75, 3.05) is 26.9 Å². The molecule has 1 amide bonds. The normalized spacial score (nSPS) is 17.5. The van der Waals surface area contributed by atoms with Crippen molar-refractivity contribution in [2.24, 2.45) is 0 Å². The van der Waals surface area contributed by atoms with E-state index in [1.807, 2.05) is 0 Å². The van der Waals surface area contributed by atoms with E-state index in [4.69, 9.17) is 9.47 Å². The third-order valence-electron chi connectivity index (χ3n) is 3.64. The number of carboxylic acids is 1. The van der Waals surface area contributed by atoms with E-state index in [2.05, 4.69) is 0 Å². The van der Waals surface area contributed by atoms with Gasteiger partial charge in [0.25, 0.3) is 5.91 Å². The molecule has 1 aromatic carbocycles. The molecule has 0 radical (unpaired) electrons. The van der Waals surface area contributed by atoms with Crippen molar-refractivity contribution in [3.8, 4) is 5.75 Å². The monoisotopic (exact) mass is 307 g/mol. The Bertz CT molecular complexity index is 531. The Morgan fingerprint density at radius 1 is 1.36 bits per heavy atom. The summed E-state index contributed by atoms with van der Waals surface area (Å²) < 4.78 is 10.5. The molecule has 1 saturated heterocycles. The molecule has 0 spiro atoms. The molecular weight excluding hydrogens is 286 g/mol. The molecular formula is C16H21NO5. The van der Waals surface area contributed by atoms with E-state index in [0.717, 1.165) is 12.8 Å². The molecule has 1 atom stereocenters. The minimum absolute atomic E-state index is 0.257. The summed E-state index contributed by atoms with van der Waals surface area (Å²) in [5.41, 5.74) is 0.456. The molecule has 1 heterocycles. The first-order valence-electron chi connectivity index (χ1n) is 7.39. The van der Waals surface area contributed by atoms with Gasteiger partial charge in [0.2, 0.25) is 0 Å². The van der Waals surface area contributed by atoms with E-state index in [9.17, 15) is 14.7 Å². The maximum Gasteiger partial charge on any atom is 0.326 e. The fourth-order valence-corrected chi connectivity index (χ4v) is 2.54. The Labute approximate surface area is 129 Å². The molecule has 1 aromatic rings. The number of carboxylic acid groups (broad SMARTS) is 1. The lowest BCUT2D eigenvalue weighted by Crippen LogP contribution is -2.40. The molecule has 0 aliphatic carbocycles. The highest BCUT2D eigenvalue weighted by Crippen LogP contribution is 2.22. The first-order valence-corrected chi connectivity index (χ1v) is 7.39. The fraction of sp³-hybridized carbons (Fsp3) is 0.500. The van der Waals surface area contributed by atoms with Crippen molar-refractivity contribution in [2.45, 2.75) is 25.3 Å². The van der Waals surface area contributed by atoms with Gasteiger partial charge in [0.15, 0.2) is 0 Å². The predicted octanol–water partition coefficient (Wildman–Crippen LogP) is 1.79. The molecule has 0 unspecified atom stereocenters. The lowest BCUT2D eigenvalue weighted by atomic mass is 10.1. The summed E-state index contributed by atoms with van der Waals surface area (Å²) in [6.07, 6.45) is 1.99. The zero-order valence-electron chi connectivity index (χ0n) is 12.7. The Morgan fingerprint density at radius 2 is 2.18 bits per heavy atom. The zero-order valence-corrected chi connectivity index (χ0v) is 12.7. The lowest BCUT2D eigenvalue weighted by molar-refractivity contribution is -0.141. The number of carbonyl (C=O) groups is 2. The number of amides is 1. The van der Waals surface area contributed by atoms with Crippen molar-refractivity contribution in [3.05, 3.63) is 29.8 Å². The van der Waals surface area contributed by atoms with E-state index in [1.54, 1.807) is 31.4 Å². The lowest BCUT2D eigenvalue weighted by Gasteiger charge is -2.21. The Morgan fingerprint density at radius 3 is 2.91 bits per heavy atom. The van der Waals surface area contributed by atoms with E-state index in [-0.39, 0.29) is 5.91 Å². The summed E-state index contributed by atoms with van der Waals surface area (Å²) in [5, 5.41) is 9.17. The highest BCUT2D eigenvalue weighted by molar-refractivity contribution is 5.97. The van der Waals surface area contributed by atoms with Gasteiger partial charge in [-0.25, -0.2) is 4.79 Å². The van der Waals surface area contributed by atoms with Gasteiger partial charge in [-0.1, -0.05) is 6.07 Å². The SMILES string of the molecule is COCCCOc1cccc(C(=O)N2CCC[C@H]2C(=O)O)c1. The highest BCUT2D eigenvalue weighted by atomic mass is 16.5. The van der Waals surface area contributed by atoms with Gasteiger partial charge in [0.1, 0.15) is 11.8 Å². The number of ether oxygens (including phenoxy) is 2. The number of rotatable bonds is 7. The minimum Gasteiger partial charge on any atom is -0.493 e. The second-order valence-electron chi connectivity index (χ2n) is 5.22. The molecule has 1 aliphatic heterocycles. The van der Waals surface area contributed by atoms with Crippen LogP contribution in [0.1, 0.15) is 29.6 Å². The van der Waals surface area contributed by atoms with Gasteiger partial charge in [-0.05, 0) is 31.0 Å². The number of methoxy groups -OCH3 is 1. The summed E-state index contributed by atoms with van der Waals surface area (Å²) in [4.78, 5) is 25.1. The largest absolute Gasteiger partial charge is 0.493 e. The van der Waals surface area contributed by atoms with Crippen LogP contribution in [-0.2, 0) is 9.53 Å². The van der Waals surface area contributed by atoms with Crippen molar-refractivity contribution in [1.29, 1.82) is 0 Å². The van der Waals surface area contributed by atoms with Crippen LogP contribution in [0.4, 0.5) is 0 Å². The molecule has 120 valence electrons. The minimum atomic E-state index is -0.946. The van der Waals surface area contributed by atoms with Gasteiger partial charge in [-0.2, -0.15) is 0 Å². The van der Waals surface area contributed by atoms with Crippen LogP contribution in [0.25, 0.3) is 0 Å². The maximum absolute atomic E-state index is 12.5. The molecule has 6 heteroatoms. The standard InChI is InChI=1S/C16H21NO5/c1-21-9-4-10-22-13-6-2-5-12(11-13)15(18)17-8-3-7-14(17)16(19)20/h2,5-6,11,14H,3-4,7-10H2,1H3,(H,19,20)/t14-/m0/s1. The number of aliphatic carboxylic acids is 1. The molecule has 0 bridgehead atoms. The zero-order chi connectivity index (χ0) is 15.9. The van der Waals surface area contributed by atoms with Gasteiger partial charge in [0.05, 0.1) is 6.61 Å². The second-order valence-corrected chi connectivity index (χ2v) is 5.22. The van der Waals surface area contributed by atoms with Gasteiger partial charge >= 0.3 is 5.97 Å². The summed E-state index contributed by atoms with van der Waals surface area (Å²) in [6.45, 7) is 1.61. The summed E-state index contributed by atoms with van der Waals surface area (Å²) in [7, 11) is 1.63. The Kier molecular flexibility index (Phi) is 5.77. The van der Waals surface area contributed by atoms with E-state index in [1.165, 1.54) is 4.90 Å². The number of hydrogen-bond acceptors (Lipinski definition) is 4. The summed E-state index contributed by atoms with van der Waals surface area (Å²) in [6, 6.07) is 6.14. The summed E-state index contributed by atoms with van der Waals surface area (Å²) in [5.74, 6) is -0.599. The molecule has 22 heavy (non-hydrogen) atoms. The van der Waals surface area contributed by atoms with Crippen LogP contribution < -0.4 is 4.74 Å². The maximum atomic E-state index is 12.5. The van der Waals surface area contributed by atoms with E-state index < -0.39 is 12.0 Å². The smallest absolute Gasteiger partial charge is 0.326 e. The molecule has 2 rings (SSSR count). The number of carbonyl (C=O) groups excluding carboxylic acids is 1. The number of likely N-dealkylation sites (tertiary alicyclic amines) is 1. The highest BCUT2D eigenvalue weighted by Gasteiger charge is 2.34. The Hall–Kier alpha value is -2.08. The van der Waals surface area contributed by atoms with Gasteiger partial charge < -0.3 is 19.5 Å².